The second-order valence-corrected chi connectivity index (χ2v) is 6.39. The van der Waals surface area contributed by atoms with Gasteiger partial charge in [-0.3, -0.25) is 0 Å². The van der Waals surface area contributed by atoms with Crippen LogP contribution in [0, 0.1) is 0 Å². The summed E-state index contributed by atoms with van der Waals surface area (Å²) in [6, 6.07) is 17.2. The Morgan fingerprint density at radius 1 is 1.05 bits per heavy atom. The molecule has 3 heteroatoms. The molecule has 1 aromatic heterocycles. The third-order valence-electron chi connectivity index (χ3n) is 3.57. The molecule has 0 atom stereocenters. The molecule has 0 saturated heterocycles. The molecule has 3 aromatic rings. The molecular formula is C18H18ClNS. The van der Waals surface area contributed by atoms with E-state index in [9.17, 15) is 0 Å². The van der Waals surface area contributed by atoms with Gasteiger partial charge < -0.3 is 5.32 Å². The minimum Gasteiger partial charge on any atom is -0.381 e. The molecule has 0 aliphatic heterocycles. The molecular weight excluding hydrogens is 298 g/mol. The van der Waals surface area contributed by atoms with E-state index >= 15 is 0 Å². The van der Waals surface area contributed by atoms with Crippen molar-refractivity contribution in [2.24, 2.45) is 0 Å². The van der Waals surface area contributed by atoms with Crippen molar-refractivity contribution in [3.8, 4) is 0 Å². The number of benzene rings is 2. The topological polar surface area (TPSA) is 12.0 Å². The predicted octanol–water partition coefficient (Wildman–Crippen LogP) is 5.68. The number of alkyl halides is 1. The predicted molar refractivity (Wildman–Crippen MR) is 94.6 cm³/mol. The van der Waals surface area contributed by atoms with Crippen LogP contribution in [0.2, 0.25) is 0 Å². The minimum atomic E-state index is 0.721. The van der Waals surface area contributed by atoms with Crippen molar-refractivity contribution < 1.29 is 0 Å². The van der Waals surface area contributed by atoms with Gasteiger partial charge in [-0.15, -0.1) is 22.9 Å². The normalized spacial score (nSPS) is 10.9. The third-order valence-corrected chi connectivity index (χ3v) is 4.85. The molecule has 0 fully saturated rings. The fourth-order valence-corrected chi connectivity index (χ4v) is 3.57. The highest BCUT2D eigenvalue weighted by Crippen LogP contribution is 2.26. The standard InChI is InChI=1S/C18H18ClNS/c19-10-4-6-14-5-3-7-16(11-14)20-12-15-13-21-18-9-2-1-8-17(15)18/h1-3,5,7-9,11,13,20H,4,6,10,12H2. The molecule has 0 amide bonds. The maximum absolute atomic E-state index is 5.76. The van der Waals surface area contributed by atoms with E-state index in [1.807, 2.05) is 11.3 Å². The van der Waals surface area contributed by atoms with E-state index < -0.39 is 0 Å². The molecule has 0 spiro atoms. The molecule has 1 heterocycles. The summed E-state index contributed by atoms with van der Waals surface area (Å²) in [6.07, 6.45) is 2.07. The maximum Gasteiger partial charge on any atom is 0.0415 e. The van der Waals surface area contributed by atoms with Crippen LogP contribution >= 0.6 is 22.9 Å². The van der Waals surface area contributed by atoms with Crippen molar-refractivity contribution in [1.82, 2.24) is 0 Å². The van der Waals surface area contributed by atoms with E-state index in [0.29, 0.717) is 0 Å². The van der Waals surface area contributed by atoms with E-state index in [1.165, 1.54) is 26.9 Å². The summed E-state index contributed by atoms with van der Waals surface area (Å²) in [7, 11) is 0. The molecule has 0 bridgehead atoms. The monoisotopic (exact) mass is 315 g/mol. The molecule has 0 aliphatic rings. The van der Waals surface area contributed by atoms with Crippen LogP contribution in [0.5, 0.6) is 0 Å². The van der Waals surface area contributed by atoms with Crippen molar-refractivity contribution in [1.29, 1.82) is 0 Å². The second-order valence-electron chi connectivity index (χ2n) is 5.10. The number of aryl methyl sites for hydroxylation is 1. The number of thiophene rings is 1. The molecule has 108 valence electrons. The van der Waals surface area contributed by atoms with Crippen LogP contribution in [-0.2, 0) is 13.0 Å². The van der Waals surface area contributed by atoms with E-state index in [0.717, 1.165) is 25.3 Å². The molecule has 1 nitrogen and oxygen atoms in total. The van der Waals surface area contributed by atoms with Crippen molar-refractivity contribution in [2.75, 3.05) is 11.2 Å². The largest absolute Gasteiger partial charge is 0.381 e. The van der Waals surface area contributed by atoms with Gasteiger partial charge in [0, 0.05) is 22.8 Å². The molecule has 21 heavy (non-hydrogen) atoms. The van der Waals surface area contributed by atoms with Crippen LogP contribution in [-0.4, -0.2) is 5.88 Å². The first-order valence-electron chi connectivity index (χ1n) is 7.21. The summed E-state index contributed by atoms with van der Waals surface area (Å²) >= 11 is 7.57. The number of hydrogen-bond acceptors (Lipinski definition) is 2. The molecule has 0 unspecified atom stereocenters. The summed E-state index contributed by atoms with van der Waals surface area (Å²) < 4.78 is 1.35. The zero-order valence-corrected chi connectivity index (χ0v) is 13.4. The van der Waals surface area contributed by atoms with E-state index in [4.69, 9.17) is 11.6 Å². The lowest BCUT2D eigenvalue weighted by atomic mass is 10.1. The smallest absolute Gasteiger partial charge is 0.0415 e. The Bertz CT molecular complexity index is 720. The number of anilines is 1. The number of hydrogen-bond donors (Lipinski definition) is 1. The van der Waals surface area contributed by atoms with Crippen molar-refractivity contribution in [3.05, 3.63) is 65.0 Å². The summed E-state index contributed by atoms with van der Waals surface area (Å²) in [5.74, 6) is 0.721. The van der Waals surface area contributed by atoms with Crippen LogP contribution in [0.15, 0.2) is 53.9 Å². The van der Waals surface area contributed by atoms with Crippen LogP contribution in [0.1, 0.15) is 17.5 Å². The Hall–Kier alpha value is -1.51. The quantitative estimate of drug-likeness (QED) is 0.577. The maximum atomic E-state index is 5.76. The van der Waals surface area contributed by atoms with Crippen molar-refractivity contribution >= 4 is 38.7 Å². The van der Waals surface area contributed by atoms with Crippen LogP contribution in [0.3, 0.4) is 0 Å². The molecule has 0 aliphatic carbocycles. The second kappa shape index (κ2) is 6.97. The molecule has 0 saturated carbocycles. The van der Waals surface area contributed by atoms with Gasteiger partial charge in [-0.25, -0.2) is 0 Å². The Labute approximate surface area is 134 Å². The summed E-state index contributed by atoms with van der Waals surface area (Å²) in [4.78, 5) is 0. The van der Waals surface area contributed by atoms with Crippen molar-refractivity contribution in [2.45, 2.75) is 19.4 Å². The van der Waals surface area contributed by atoms with Gasteiger partial charge in [-0.05, 0) is 52.9 Å². The van der Waals surface area contributed by atoms with Gasteiger partial charge >= 0.3 is 0 Å². The van der Waals surface area contributed by atoms with Gasteiger partial charge in [0.25, 0.3) is 0 Å². The van der Waals surface area contributed by atoms with Crippen LogP contribution in [0.25, 0.3) is 10.1 Å². The zero-order valence-electron chi connectivity index (χ0n) is 11.8. The lowest BCUT2D eigenvalue weighted by Gasteiger charge is -2.08. The Kier molecular flexibility index (Phi) is 4.79. The fraction of sp³-hybridized carbons (Fsp3) is 0.222. The van der Waals surface area contributed by atoms with E-state index in [-0.39, 0.29) is 0 Å². The molecule has 1 N–H and O–H groups in total. The van der Waals surface area contributed by atoms with Gasteiger partial charge in [0.15, 0.2) is 0 Å². The van der Waals surface area contributed by atoms with Crippen LogP contribution < -0.4 is 5.32 Å². The average molecular weight is 316 g/mol. The highest BCUT2D eigenvalue weighted by molar-refractivity contribution is 7.17. The van der Waals surface area contributed by atoms with Gasteiger partial charge in [0.2, 0.25) is 0 Å². The van der Waals surface area contributed by atoms with Gasteiger partial charge in [0.1, 0.15) is 0 Å². The first-order chi connectivity index (χ1) is 10.4. The average Bonchev–Trinajstić information content (AvgIpc) is 2.95. The lowest BCUT2D eigenvalue weighted by Crippen LogP contribution is -1.99. The Morgan fingerprint density at radius 3 is 2.86 bits per heavy atom. The van der Waals surface area contributed by atoms with Crippen LogP contribution in [0.4, 0.5) is 5.69 Å². The highest BCUT2D eigenvalue weighted by atomic mass is 35.5. The van der Waals surface area contributed by atoms with Gasteiger partial charge in [-0.1, -0.05) is 30.3 Å². The summed E-state index contributed by atoms with van der Waals surface area (Å²) in [5, 5.41) is 7.13. The molecule has 3 rings (SSSR count). The minimum absolute atomic E-state index is 0.721. The summed E-state index contributed by atoms with van der Waals surface area (Å²) in [5.41, 5.74) is 3.88. The van der Waals surface area contributed by atoms with E-state index in [1.54, 1.807) is 0 Å². The number of halogens is 1. The first kappa shape index (κ1) is 14.4. The lowest BCUT2D eigenvalue weighted by molar-refractivity contribution is 0.928. The van der Waals surface area contributed by atoms with Crippen molar-refractivity contribution in [3.63, 3.8) is 0 Å². The Balaban J connectivity index is 1.70. The number of fused-ring (bicyclic) bond motifs is 1. The highest BCUT2D eigenvalue weighted by Gasteiger charge is 2.03. The SMILES string of the molecule is ClCCCc1cccc(NCc2csc3ccccc23)c1. The first-order valence-corrected chi connectivity index (χ1v) is 8.62. The fourth-order valence-electron chi connectivity index (χ4n) is 2.47. The Morgan fingerprint density at radius 2 is 1.95 bits per heavy atom. The number of nitrogens with one attached hydrogen (secondary N) is 1. The van der Waals surface area contributed by atoms with Gasteiger partial charge in [0.05, 0.1) is 0 Å². The van der Waals surface area contributed by atoms with Gasteiger partial charge in [-0.2, -0.15) is 0 Å². The van der Waals surface area contributed by atoms with E-state index in [2.05, 4.69) is 59.2 Å². The third kappa shape index (κ3) is 3.58. The number of rotatable bonds is 6. The molecule has 0 radical (unpaired) electrons. The zero-order chi connectivity index (χ0) is 14.5. The summed E-state index contributed by atoms with van der Waals surface area (Å²) in [6.45, 7) is 0.864. The molecule has 2 aromatic carbocycles.